The van der Waals surface area contributed by atoms with Gasteiger partial charge in [0.15, 0.2) is 5.82 Å². The summed E-state index contributed by atoms with van der Waals surface area (Å²) in [6.07, 6.45) is 2.04. The maximum Gasteiger partial charge on any atom is 0.156 e. The third-order valence-corrected chi connectivity index (χ3v) is 2.69. The first-order chi connectivity index (χ1) is 8.36. The van der Waals surface area contributed by atoms with Gasteiger partial charge in [0.1, 0.15) is 0 Å². The fourth-order valence-corrected chi connectivity index (χ4v) is 1.90. The molecule has 0 bridgehead atoms. The van der Waals surface area contributed by atoms with Crippen LogP contribution < -0.4 is 11.1 Å². The van der Waals surface area contributed by atoms with Crippen LogP contribution in [0.25, 0.3) is 10.8 Å². The Bertz CT molecular complexity index is 496. The Morgan fingerprint density at radius 1 is 1.18 bits per heavy atom. The van der Waals surface area contributed by atoms with E-state index < -0.39 is 0 Å². The van der Waals surface area contributed by atoms with Crippen molar-refractivity contribution in [2.45, 2.75) is 19.8 Å². The van der Waals surface area contributed by atoms with E-state index >= 15 is 0 Å². The maximum atomic E-state index is 5.49. The molecule has 1 aromatic carbocycles. The van der Waals surface area contributed by atoms with Crippen LogP contribution in [-0.2, 0) is 6.42 Å². The first kappa shape index (κ1) is 11.8. The van der Waals surface area contributed by atoms with E-state index in [1.807, 2.05) is 12.1 Å². The SMILES string of the molecule is CCCc1nnc(NCCN)c2ccccc12. The summed E-state index contributed by atoms with van der Waals surface area (Å²) in [7, 11) is 0. The van der Waals surface area contributed by atoms with Gasteiger partial charge >= 0.3 is 0 Å². The van der Waals surface area contributed by atoms with Crippen molar-refractivity contribution in [2.24, 2.45) is 5.73 Å². The molecule has 0 atom stereocenters. The molecule has 0 aliphatic rings. The van der Waals surface area contributed by atoms with Crippen LogP contribution in [0.5, 0.6) is 0 Å². The van der Waals surface area contributed by atoms with Gasteiger partial charge in [0.25, 0.3) is 0 Å². The van der Waals surface area contributed by atoms with Crippen molar-refractivity contribution >= 4 is 16.6 Å². The van der Waals surface area contributed by atoms with Crippen LogP contribution in [0.3, 0.4) is 0 Å². The highest BCUT2D eigenvalue weighted by molar-refractivity contribution is 5.93. The molecule has 90 valence electrons. The van der Waals surface area contributed by atoms with Crippen molar-refractivity contribution in [1.29, 1.82) is 0 Å². The molecule has 0 spiro atoms. The number of rotatable bonds is 5. The zero-order valence-electron chi connectivity index (χ0n) is 10.1. The Hall–Kier alpha value is -1.68. The van der Waals surface area contributed by atoms with E-state index in [9.17, 15) is 0 Å². The van der Waals surface area contributed by atoms with Gasteiger partial charge in [-0.05, 0) is 6.42 Å². The van der Waals surface area contributed by atoms with Gasteiger partial charge in [-0.1, -0.05) is 37.6 Å². The van der Waals surface area contributed by atoms with Gasteiger partial charge in [-0.2, -0.15) is 5.10 Å². The largest absolute Gasteiger partial charge is 0.367 e. The van der Waals surface area contributed by atoms with Gasteiger partial charge < -0.3 is 11.1 Å². The van der Waals surface area contributed by atoms with Crippen molar-refractivity contribution in [1.82, 2.24) is 10.2 Å². The zero-order chi connectivity index (χ0) is 12.1. The maximum absolute atomic E-state index is 5.49. The number of nitrogens with one attached hydrogen (secondary N) is 1. The predicted molar refractivity (Wildman–Crippen MR) is 71.1 cm³/mol. The Kier molecular flexibility index (Phi) is 3.88. The molecule has 0 saturated carbocycles. The first-order valence-electron chi connectivity index (χ1n) is 6.05. The second-order valence-corrected chi connectivity index (χ2v) is 4.01. The Morgan fingerprint density at radius 2 is 1.94 bits per heavy atom. The van der Waals surface area contributed by atoms with Crippen LogP contribution in [0.2, 0.25) is 0 Å². The molecule has 3 N–H and O–H groups in total. The standard InChI is InChI=1S/C13H18N4/c1-2-5-12-10-6-3-4-7-11(10)13(17-16-12)15-9-8-14/h3-4,6-7H,2,5,8-9,14H2,1H3,(H,15,17). The summed E-state index contributed by atoms with van der Waals surface area (Å²) < 4.78 is 0. The van der Waals surface area contributed by atoms with Crippen molar-refractivity contribution in [2.75, 3.05) is 18.4 Å². The summed E-state index contributed by atoms with van der Waals surface area (Å²) in [5.41, 5.74) is 6.56. The second-order valence-electron chi connectivity index (χ2n) is 4.01. The normalized spacial score (nSPS) is 10.7. The molecule has 0 amide bonds. The minimum Gasteiger partial charge on any atom is -0.367 e. The average Bonchev–Trinajstić information content (AvgIpc) is 2.38. The summed E-state index contributed by atoms with van der Waals surface area (Å²) in [5.74, 6) is 0.825. The fourth-order valence-electron chi connectivity index (χ4n) is 1.90. The van der Waals surface area contributed by atoms with Crippen LogP contribution in [0.1, 0.15) is 19.0 Å². The van der Waals surface area contributed by atoms with E-state index in [0.717, 1.165) is 29.7 Å². The van der Waals surface area contributed by atoms with Crippen LogP contribution in [0, 0.1) is 0 Å². The van der Waals surface area contributed by atoms with E-state index in [1.54, 1.807) is 0 Å². The lowest BCUT2D eigenvalue weighted by atomic mass is 10.1. The van der Waals surface area contributed by atoms with Crippen LogP contribution in [0.15, 0.2) is 24.3 Å². The summed E-state index contributed by atoms with van der Waals surface area (Å²) in [4.78, 5) is 0. The summed E-state index contributed by atoms with van der Waals surface area (Å²) >= 11 is 0. The van der Waals surface area contributed by atoms with Gasteiger partial charge in [-0.3, -0.25) is 0 Å². The number of benzene rings is 1. The fraction of sp³-hybridized carbons (Fsp3) is 0.385. The van der Waals surface area contributed by atoms with Crippen molar-refractivity contribution in [3.8, 4) is 0 Å². The molecule has 1 aromatic heterocycles. The smallest absolute Gasteiger partial charge is 0.156 e. The quantitative estimate of drug-likeness (QED) is 0.824. The third kappa shape index (κ3) is 2.53. The highest BCUT2D eigenvalue weighted by atomic mass is 15.2. The summed E-state index contributed by atoms with van der Waals surface area (Å²) in [6.45, 7) is 3.45. The Labute approximate surface area is 101 Å². The average molecular weight is 230 g/mol. The van der Waals surface area contributed by atoms with E-state index in [4.69, 9.17) is 5.73 Å². The lowest BCUT2D eigenvalue weighted by Crippen LogP contribution is -2.14. The second kappa shape index (κ2) is 5.59. The molecule has 0 radical (unpaired) electrons. The van der Waals surface area contributed by atoms with Crippen molar-refractivity contribution in [3.05, 3.63) is 30.0 Å². The van der Waals surface area contributed by atoms with E-state index in [0.29, 0.717) is 13.1 Å². The number of aryl methyl sites for hydroxylation is 1. The number of hydrogen-bond acceptors (Lipinski definition) is 4. The summed E-state index contributed by atoms with van der Waals surface area (Å²) in [6, 6.07) is 8.23. The molecule has 4 nitrogen and oxygen atoms in total. The third-order valence-electron chi connectivity index (χ3n) is 2.69. The highest BCUT2D eigenvalue weighted by Gasteiger charge is 2.07. The van der Waals surface area contributed by atoms with Gasteiger partial charge in [0.2, 0.25) is 0 Å². The molecule has 2 rings (SSSR count). The van der Waals surface area contributed by atoms with Gasteiger partial charge in [0.05, 0.1) is 5.69 Å². The van der Waals surface area contributed by atoms with E-state index in [2.05, 4.69) is 34.6 Å². The molecule has 4 heteroatoms. The zero-order valence-corrected chi connectivity index (χ0v) is 10.1. The van der Waals surface area contributed by atoms with E-state index in [1.165, 1.54) is 5.39 Å². The minimum atomic E-state index is 0.590. The lowest BCUT2D eigenvalue weighted by Gasteiger charge is -2.09. The molecule has 17 heavy (non-hydrogen) atoms. The van der Waals surface area contributed by atoms with Crippen LogP contribution in [-0.4, -0.2) is 23.3 Å². The molecular formula is C13H18N4. The molecule has 1 heterocycles. The molecule has 2 aromatic rings. The molecular weight excluding hydrogens is 212 g/mol. The Morgan fingerprint density at radius 3 is 2.65 bits per heavy atom. The molecule has 0 aliphatic heterocycles. The number of nitrogens with zero attached hydrogens (tertiary/aromatic N) is 2. The number of hydrogen-bond donors (Lipinski definition) is 2. The molecule has 0 saturated heterocycles. The molecule has 0 aliphatic carbocycles. The monoisotopic (exact) mass is 230 g/mol. The van der Waals surface area contributed by atoms with Crippen molar-refractivity contribution in [3.63, 3.8) is 0 Å². The van der Waals surface area contributed by atoms with E-state index in [-0.39, 0.29) is 0 Å². The lowest BCUT2D eigenvalue weighted by molar-refractivity contribution is 0.851. The van der Waals surface area contributed by atoms with Gasteiger partial charge in [-0.15, -0.1) is 5.10 Å². The molecule has 0 unspecified atom stereocenters. The first-order valence-corrected chi connectivity index (χ1v) is 6.05. The number of anilines is 1. The Balaban J connectivity index is 2.46. The van der Waals surface area contributed by atoms with Crippen molar-refractivity contribution < 1.29 is 0 Å². The number of fused-ring (bicyclic) bond motifs is 1. The van der Waals surface area contributed by atoms with Gasteiger partial charge in [-0.25, -0.2) is 0 Å². The van der Waals surface area contributed by atoms with Crippen LogP contribution in [0.4, 0.5) is 5.82 Å². The van der Waals surface area contributed by atoms with Crippen LogP contribution >= 0.6 is 0 Å². The highest BCUT2D eigenvalue weighted by Crippen LogP contribution is 2.23. The molecule has 0 fully saturated rings. The van der Waals surface area contributed by atoms with Gasteiger partial charge in [0, 0.05) is 23.9 Å². The topological polar surface area (TPSA) is 63.8 Å². The number of nitrogens with two attached hydrogens (primary N) is 1. The number of aromatic nitrogens is 2. The minimum absolute atomic E-state index is 0.590. The summed E-state index contributed by atoms with van der Waals surface area (Å²) in [5, 5.41) is 14.1. The predicted octanol–water partition coefficient (Wildman–Crippen LogP) is 1.95.